The summed E-state index contributed by atoms with van der Waals surface area (Å²) in [5.74, 6) is 1.81. The summed E-state index contributed by atoms with van der Waals surface area (Å²) in [6, 6.07) is 0. The number of aryl methyl sites for hydroxylation is 1. The normalized spacial score (nSPS) is 24.3. The molecule has 1 aliphatic rings. The van der Waals surface area contributed by atoms with Crippen molar-refractivity contribution < 1.29 is 0 Å². The van der Waals surface area contributed by atoms with Crippen LogP contribution in [0.2, 0.25) is 0 Å². The van der Waals surface area contributed by atoms with Crippen molar-refractivity contribution in [1.29, 1.82) is 0 Å². The summed E-state index contributed by atoms with van der Waals surface area (Å²) in [4.78, 5) is 4.24. The molecule has 1 heterocycles. The number of imidazole rings is 1. The average Bonchev–Trinajstić information content (AvgIpc) is 2.78. The lowest BCUT2D eigenvalue weighted by Crippen LogP contribution is -2.27. The lowest BCUT2D eigenvalue weighted by atomic mass is 9.82. The van der Waals surface area contributed by atoms with Gasteiger partial charge in [-0.25, -0.2) is 4.98 Å². The van der Waals surface area contributed by atoms with Crippen molar-refractivity contribution in [2.45, 2.75) is 59.0 Å². The molecule has 0 saturated heterocycles. The number of hydrogen-bond acceptors (Lipinski definition) is 2. The van der Waals surface area contributed by atoms with Crippen molar-refractivity contribution >= 4 is 0 Å². The van der Waals surface area contributed by atoms with Crippen LogP contribution < -0.4 is 5.32 Å². The summed E-state index contributed by atoms with van der Waals surface area (Å²) in [6.07, 6.45) is 10.8. The highest BCUT2D eigenvalue weighted by molar-refractivity contribution is 4.97. The zero-order chi connectivity index (χ0) is 12.8. The smallest absolute Gasteiger partial charge is 0.0948 e. The molecule has 102 valence electrons. The molecule has 0 aromatic carbocycles. The van der Waals surface area contributed by atoms with Crippen molar-refractivity contribution in [3.63, 3.8) is 0 Å². The Bertz CT molecular complexity index is 345. The van der Waals surface area contributed by atoms with Crippen molar-refractivity contribution in [2.24, 2.45) is 11.8 Å². The predicted octanol–water partition coefficient (Wildman–Crippen LogP) is 3.21. The van der Waals surface area contributed by atoms with Crippen molar-refractivity contribution in [3.05, 3.63) is 18.2 Å². The van der Waals surface area contributed by atoms with Gasteiger partial charge in [-0.15, -0.1) is 0 Å². The molecule has 2 unspecified atom stereocenters. The molecule has 1 fully saturated rings. The summed E-state index contributed by atoms with van der Waals surface area (Å²) in [6.45, 7) is 7.81. The van der Waals surface area contributed by atoms with Gasteiger partial charge in [-0.2, -0.15) is 0 Å². The largest absolute Gasteiger partial charge is 0.333 e. The van der Waals surface area contributed by atoms with Crippen LogP contribution in [-0.2, 0) is 13.1 Å². The summed E-state index contributed by atoms with van der Waals surface area (Å²) >= 11 is 0. The third kappa shape index (κ3) is 3.84. The number of hydrogen-bond donors (Lipinski definition) is 1. The number of nitrogens with one attached hydrogen (secondary N) is 1. The average molecular weight is 249 g/mol. The maximum atomic E-state index is 4.24. The van der Waals surface area contributed by atoms with Crippen LogP contribution in [0, 0.1) is 11.8 Å². The molecule has 1 saturated carbocycles. The van der Waals surface area contributed by atoms with Crippen LogP contribution in [0.3, 0.4) is 0 Å². The van der Waals surface area contributed by atoms with E-state index < -0.39 is 0 Å². The molecule has 1 aromatic rings. The Labute approximate surface area is 111 Å². The van der Waals surface area contributed by atoms with Gasteiger partial charge in [0.2, 0.25) is 0 Å². The fraction of sp³-hybridized carbons (Fsp3) is 0.800. The van der Waals surface area contributed by atoms with Gasteiger partial charge in [0, 0.05) is 19.3 Å². The first kappa shape index (κ1) is 13.6. The van der Waals surface area contributed by atoms with E-state index in [0.717, 1.165) is 24.9 Å². The number of aromatic nitrogens is 2. The summed E-state index contributed by atoms with van der Waals surface area (Å²) in [7, 11) is 0. The highest BCUT2D eigenvalue weighted by atomic mass is 15.1. The fourth-order valence-electron chi connectivity index (χ4n) is 3.09. The first-order chi connectivity index (χ1) is 8.79. The van der Waals surface area contributed by atoms with Gasteiger partial charge in [-0.05, 0) is 37.6 Å². The topological polar surface area (TPSA) is 29.9 Å². The van der Waals surface area contributed by atoms with Crippen LogP contribution in [-0.4, -0.2) is 16.1 Å². The first-order valence-corrected chi connectivity index (χ1v) is 7.49. The lowest BCUT2D eigenvalue weighted by molar-refractivity contribution is 0.273. The molecular formula is C15H27N3. The quantitative estimate of drug-likeness (QED) is 0.839. The van der Waals surface area contributed by atoms with Crippen LogP contribution >= 0.6 is 0 Å². The molecule has 2 atom stereocenters. The van der Waals surface area contributed by atoms with E-state index in [4.69, 9.17) is 0 Å². The maximum Gasteiger partial charge on any atom is 0.0948 e. The Balaban J connectivity index is 1.72. The molecular weight excluding hydrogens is 222 g/mol. The van der Waals surface area contributed by atoms with Crippen LogP contribution in [0.4, 0.5) is 0 Å². The third-order valence-electron chi connectivity index (χ3n) is 4.05. The van der Waals surface area contributed by atoms with E-state index in [1.165, 1.54) is 44.3 Å². The third-order valence-corrected chi connectivity index (χ3v) is 4.05. The second-order valence-corrected chi connectivity index (χ2v) is 5.85. The van der Waals surface area contributed by atoms with Crippen LogP contribution in [0.1, 0.15) is 51.6 Å². The van der Waals surface area contributed by atoms with Gasteiger partial charge in [0.25, 0.3) is 0 Å². The molecule has 0 amide bonds. The second kappa shape index (κ2) is 6.93. The minimum atomic E-state index is 0.885. The lowest BCUT2D eigenvalue weighted by Gasteiger charge is -2.26. The van der Waals surface area contributed by atoms with Gasteiger partial charge in [0.15, 0.2) is 0 Å². The molecule has 1 aromatic heterocycles. The summed E-state index contributed by atoms with van der Waals surface area (Å²) in [5.41, 5.74) is 1.32. The monoisotopic (exact) mass is 249 g/mol. The van der Waals surface area contributed by atoms with E-state index in [0.29, 0.717) is 0 Å². The molecule has 1 N–H and O–H groups in total. The van der Waals surface area contributed by atoms with Gasteiger partial charge < -0.3 is 9.88 Å². The molecule has 18 heavy (non-hydrogen) atoms. The molecule has 2 rings (SSSR count). The number of nitrogens with zero attached hydrogens (tertiary/aromatic N) is 2. The van der Waals surface area contributed by atoms with Crippen LogP contribution in [0.5, 0.6) is 0 Å². The van der Waals surface area contributed by atoms with Crippen molar-refractivity contribution in [3.8, 4) is 0 Å². The maximum absolute atomic E-state index is 4.24. The van der Waals surface area contributed by atoms with Gasteiger partial charge in [-0.1, -0.05) is 26.7 Å². The number of rotatable bonds is 6. The Morgan fingerprint density at radius 3 is 3.11 bits per heavy atom. The first-order valence-electron chi connectivity index (χ1n) is 7.49. The van der Waals surface area contributed by atoms with E-state index in [1.54, 1.807) is 0 Å². The molecule has 3 heteroatoms. The Kier molecular flexibility index (Phi) is 5.24. The molecule has 0 aliphatic heterocycles. The molecule has 1 aliphatic carbocycles. The van der Waals surface area contributed by atoms with Gasteiger partial charge in [0.05, 0.1) is 12.0 Å². The van der Waals surface area contributed by atoms with Gasteiger partial charge in [0.1, 0.15) is 0 Å². The molecule has 0 spiro atoms. The van der Waals surface area contributed by atoms with E-state index in [1.807, 2.05) is 12.5 Å². The summed E-state index contributed by atoms with van der Waals surface area (Å²) in [5, 5.41) is 3.62. The zero-order valence-corrected chi connectivity index (χ0v) is 11.9. The standard InChI is InChI=1S/C15H27N3/c1-3-7-18-12-17-11-15(18)10-16-9-14-6-4-5-13(2)8-14/h11-14,16H,3-10H2,1-2H3. The van der Waals surface area contributed by atoms with Gasteiger partial charge >= 0.3 is 0 Å². The van der Waals surface area contributed by atoms with E-state index in [-0.39, 0.29) is 0 Å². The molecule has 0 bridgehead atoms. The highest BCUT2D eigenvalue weighted by Gasteiger charge is 2.18. The van der Waals surface area contributed by atoms with Gasteiger partial charge in [-0.3, -0.25) is 0 Å². The Morgan fingerprint density at radius 2 is 2.33 bits per heavy atom. The molecule has 3 nitrogen and oxygen atoms in total. The van der Waals surface area contributed by atoms with Crippen LogP contribution in [0.25, 0.3) is 0 Å². The zero-order valence-electron chi connectivity index (χ0n) is 11.9. The Hall–Kier alpha value is -0.830. The minimum Gasteiger partial charge on any atom is -0.333 e. The summed E-state index contributed by atoms with van der Waals surface area (Å²) < 4.78 is 2.26. The Morgan fingerprint density at radius 1 is 1.44 bits per heavy atom. The van der Waals surface area contributed by atoms with E-state index in [2.05, 4.69) is 28.7 Å². The van der Waals surface area contributed by atoms with Crippen molar-refractivity contribution in [1.82, 2.24) is 14.9 Å². The van der Waals surface area contributed by atoms with Crippen molar-refractivity contribution in [2.75, 3.05) is 6.54 Å². The fourth-order valence-corrected chi connectivity index (χ4v) is 3.09. The second-order valence-electron chi connectivity index (χ2n) is 5.85. The van der Waals surface area contributed by atoms with E-state index in [9.17, 15) is 0 Å². The predicted molar refractivity (Wildman–Crippen MR) is 75.3 cm³/mol. The minimum absolute atomic E-state index is 0.885. The van der Waals surface area contributed by atoms with Crippen LogP contribution in [0.15, 0.2) is 12.5 Å². The highest BCUT2D eigenvalue weighted by Crippen LogP contribution is 2.27. The SMILES string of the molecule is CCCn1cncc1CNCC1CCCC(C)C1. The molecule has 0 radical (unpaired) electrons. The van der Waals surface area contributed by atoms with E-state index >= 15 is 0 Å².